The minimum atomic E-state index is -0.295. The van der Waals surface area contributed by atoms with Crippen LogP contribution >= 0.6 is 0 Å². The summed E-state index contributed by atoms with van der Waals surface area (Å²) < 4.78 is 25.4. The zero-order valence-corrected chi connectivity index (χ0v) is 13.3. The van der Waals surface area contributed by atoms with Gasteiger partial charge in [-0.1, -0.05) is 0 Å². The average molecular weight is 321 g/mol. The second kappa shape index (κ2) is 6.34. The van der Waals surface area contributed by atoms with E-state index >= 15 is 0 Å². The predicted octanol–water partition coefficient (Wildman–Crippen LogP) is 2.07. The summed E-state index contributed by atoms with van der Waals surface area (Å²) in [6.45, 7) is 3.13. The standard InChI is InChI=1S/C17H24FN3O2/c18-15-2-1-8-19-16(15)21-9-5-14(12-21)20-13-3-6-17(7-4-13)22-10-11-23-17/h1-2,8,13-14,20H,3-7,9-12H2. The van der Waals surface area contributed by atoms with Gasteiger partial charge in [-0.15, -0.1) is 0 Å². The van der Waals surface area contributed by atoms with Crippen LogP contribution in [0.4, 0.5) is 10.2 Å². The molecular formula is C17H24FN3O2. The molecule has 1 aromatic rings. The maximum atomic E-state index is 13.8. The number of halogens is 1. The normalized spacial score (nSPS) is 27.9. The summed E-state index contributed by atoms with van der Waals surface area (Å²) in [6, 6.07) is 4.02. The van der Waals surface area contributed by atoms with E-state index in [4.69, 9.17) is 9.47 Å². The third-order valence-corrected chi connectivity index (χ3v) is 5.26. The van der Waals surface area contributed by atoms with E-state index < -0.39 is 0 Å². The summed E-state index contributed by atoms with van der Waals surface area (Å²) in [5.74, 6) is -0.0489. The van der Waals surface area contributed by atoms with Gasteiger partial charge >= 0.3 is 0 Å². The second-order valence-electron chi connectivity index (χ2n) is 6.79. The monoisotopic (exact) mass is 321 g/mol. The molecule has 126 valence electrons. The molecule has 2 saturated heterocycles. The van der Waals surface area contributed by atoms with Gasteiger partial charge in [0.25, 0.3) is 0 Å². The summed E-state index contributed by atoms with van der Waals surface area (Å²) in [5, 5.41) is 3.74. The minimum Gasteiger partial charge on any atom is -0.353 e. The molecule has 0 bridgehead atoms. The molecule has 1 saturated carbocycles. The zero-order valence-electron chi connectivity index (χ0n) is 13.3. The van der Waals surface area contributed by atoms with Gasteiger partial charge in [0.2, 0.25) is 0 Å². The van der Waals surface area contributed by atoms with Crippen LogP contribution in [-0.4, -0.2) is 49.2 Å². The summed E-state index contributed by atoms with van der Waals surface area (Å²) in [6.07, 6.45) is 6.78. The highest BCUT2D eigenvalue weighted by Gasteiger charge is 2.40. The molecule has 6 heteroatoms. The highest BCUT2D eigenvalue weighted by Crippen LogP contribution is 2.36. The first-order valence-corrected chi connectivity index (χ1v) is 8.64. The Morgan fingerprint density at radius 3 is 2.70 bits per heavy atom. The van der Waals surface area contributed by atoms with E-state index in [9.17, 15) is 4.39 Å². The molecule has 1 aromatic heterocycles. The van der Waals surface area contributed by atoms with E-state index in [1.54, 1.807) is 12.3 Å². The maximum absolute atomic E-state index is 13.8. The van der Waals surface area contributed by atoms with Crippen LogP contribution in [0.15, 0.2) is 18.3 Å². The molecule has 1 aliphatic carbocycles. The topological polar surface area (TPSA) is 46.6 Å². The van der Waals surface area contributed by atoms with Crippen LogP contribution in [0.3, 0.4) is 0 Å². The molecule has 1 unspecified atom stereocenters. The number of pyridine rings is 1. The molecule has 4 rings (SSSR count). The lowest BCUT2D eigenvalue weighted by atomic mass is 9.89. The van der Waals surface area contributed by atoms with Gasteiger partial charge in [-0.2, -0.15) is 0 Å². The lowest BCUT2D eigenvalue weighted by Crippen LogP contribution is -2.46. The van der Waals surface area contributed by atoms with Gasteiger partial charge in [0.1, 0.15) is 0 Å². The van der Waals surface area contributed by atoms with Crippen LogP contribution in [0.1, 0.15) is 32.1 Å². The predicted molar refractivity (Wildman–Crippen MR) is 84.8 cm³/mol. The Bertz CT molecular complexity index is 540. The van der Waals surface area contributed by atoms with E-state index in [-0.39, 0.29) is 11.6 Å². The van der Waals surface area contributed by atoms with Gasteiger partial charge in [-0.05, 0) is 31.4 Å². The van der Waals surface area contributed by atoms with Crippen LogP contribution in [0, 0.1) is 5.82 Å². The van der Waals surface area contributed by atoms with Crippen LogP contribution in [0.5, 0.6) is 0 Å². The summed E-state index contributed by atoms with van der Waals surface area (Å²) in [5.41, 5.74) is 0. The van der Waals surface area contributed by atoms with Crippen molar-refractivity contribution in [3.05, 3.63) is 24.1 Å². The number of hydrogen-bond acceptors (Lipinski definition) is 5. The smallest absolute Gasteiger partial charge is 0.168 e. The number of nitrogens with one attached hydrogen (secondary N) is 1. The van der Waals surface area contributed by atoms with Crippen molar-refractivity contribution < 1.29 is 13.9 Å². The van der Waals surface area contributed by atoms with Gasteiger partial charge in [0.05, 0.1) is 13.2 Å². The van der Waals surface area contributed by atoms with Crippen LogP contribution < -0.4 is 10.2 Å². The Labute approximate surface area is 136 Å². The highest BCUT2D eigenvalue weighted by molar-refractivity contribution is 5.41. The lowest BCUT2D eigenvalue weighted by Gasteiger charge is -2.36. The number of nitrogens with zero attached hydrogens (tertiary/aromatic N) is 2. The minimum absolute atomic E-state index is 0.233. The van der Waals surface area contributed by atoms with Crippen molar-refractivity contribution in [1.82, 2.24) is 10.3 Å². The van der Waals surface area contributed by atoms with Crippen molar-refractivity contribution in [2.75, 3.05) is 31.2 Å². The Hall–Kier alpha value is -1.24. The first-order chi connectivity index (χ1) is 11.2. The van der Waals surface area contributed by atoms with Crippen molar-refractivity contribution in [2.24, 2.45) is 0 Å². The highest BCUT2D eigenvalue weighted by atomic mass is 19.1. The van der Waals surface area contributed by atoms with E-state index in [1.807, 2.05) is 4.90 Å². The molecule has 1 atom stereocenters. The summed E-state index contributed by atoms with van der Waals surface area (Å²) in [4.78, 5) is 6.22. The molecule has 0 amide bonds. The molecule has 0 aromatic carbocycles. The molecule has 3 heterocycles. The zero-order chi connectivity index (χ0) is 15.7. The van der Waals surface area contributed by atoms with Gasteiger partial charge in [0.15, 0.2) is 17.4 Å². The molecule has 3 fully saturated rings. The Morgan fingerprint density at radius 2 is 1.96 bits per heavy atom. The average Bonchev–Trinajstić information content (AvgIpc) is 3.20. The summed E-state index contributed by atoms with van der Waals surface area (Å²) >= 11 is 0. The van der Waals surface area contributed by atoms with Crippen LogP contribution in [-0.2, 0) is 9.47 Å². The van der Waals surface area contributed by atoms with Gasteiger partial charge < -0.3 is 19.7 Å². The number of rotatable bonds is 3. The van der Waals surface area contributed by atoms with Crippen LogP contribution in [0.25, 0.3) is 0 Å². The molecule has 23 heavy (non-hydrogen) atoms. The van der Waals surface area contributed by atoms with Gasteiger partial charge in [-0.25, -0.2) is 9.37 Å². The largest absolute Gasteiger partial charge is 0.353 e. The fraction of sp³-hybridized carbons (Fsp3) is 0.706. The first kappa shape index (κ1) is 15.3. The van der Waals surface area contributed by atoms with Gasteiger partial charge in [0, 0.05) is 44.2 Å². The van der Waals surface area contributed by atoms with Gasteiger partial charge in [-0.3, -0.25) is 0 Å². The fourth-order valence-corrected chi connectivity index (χ4v) is 4.04. The Balaban J connectivity index is 1.29. The molecular weight excluding hydrogens is 297 g/mol. The molecule has 0 radical (unpaired) electrons. The Morgan fingerprint density at radius 1 is 1.17 bits per heavy atom. The second-order valence-corrected chi connectivity index (χ2v) is 6.79. The fourth-order valence-electron chi connectivity index (χ4n) is 4.04. The lowest BCUT2D eigenvalue weighted by molar-refractivity contribution is -0.179. The Kier molecular flexibility index (Phi) is 4.22. The molecule has 1 spiro atoms. The molecule has 2 aliphatic heterocycles. The molecule has 3 aliphatic rings. The van der Waals surface area contributed by atoms with E-state index in [0.717, 1.165) is 58.4 Å². The SMILES string of the molecule is Fc1cccnc1N1CCC(NC2CCC3(CC2)OCCO3)C1. The maximum Gasteiger partial charge on any atom is 0.168 e. The first-order valence-electron chi connectivity index (χ1n) is 8.64. The molecule has 1 N–H and O–H groups in total. The number of hydrogen-bond donors (Lipinski definition) is 1. The van der Waals surface area contributed by atoms with Crippen molar-refractivity contribution in [1.29, 1.82) is 0 Å². The van der Waals surface area contributed by atoms with Crippen molar-refractivity contribution in [2.45, 2.75) is 50.0 Å². The van der Waals surface area contributed by atoms with Crippen molar-refractivity contribution in [3.63, 3.8) is 0 Å². The number of ether oxygens (including phenoxy) is 2. The number of anilines is 1. The van der Waals surface area contributed by atoms with Crippen LogP contribution in [0.2, 0.25) is 0 Å². The third kappa shape index (κ3) is 3.20. The van der Waals surface area contributed by atoms with Crippen molar-refractivity contribution >= 4 is 5.82 Å². The van der Waals surface area contributed by atoms with E-state index in [1.165, 1.54) is 6.07 Å². The quantitative estimate of drug-likeness (QED) is 0.923. The van der Waals surface area contributed by atoms with E-state index in [0.29, 0.717) is 17.9 Å². The van der Waals surface area contributed by atoms with Crippen molar-refractivity contribution in [3.8, 4) is 0 Å². The third-order valence-electron chi connectivity index (χ3n) is 5.26. The molecule has 5 nitrogen and oxygen atoms in total. The summed E-state index contributed by atoms with van der Waals surface area (Å²) in [7, 11) is 0. The van der Waals surface area contributed by atoms with E-state index in [2.05, 4.69) is 10.3 Å². The number of aromatic nitrogens is 1.